The number of hydrogen-bond donors (Lipinski definition) is 1. The SMILES string of the molecule is Cn1c(=O)c2c(ncn2CC(=O)NCCc2ccc(-c3ccccc3)cc2)n(C)c1=O. The molecule has 8 heteroatoms. The Hall–Kier alpha value is -3.94. The number of imidazole rings is 1. The Kier molecular flexibility index (Phi) is 5.53. The molecule has 0 aliphatic carbocycles. The minimum Gasteiger partial charge on any atom is -0.354 e. The van der Waals surface area contributed by atoms with Gasteiger partial charge in [-0.05, 0) is 23.1 Å². The Labute approximate surface area is 178 Å². The molecule has 0 spiro atoms. The first-order chi connectivity index (χ1) is 15.0. The highest BCUT2D eigenvalue weighted by atomic mass is 16.2. The average Bonchev–Trinajstić information content (AvgIpc) is 3.21. The third-order valence-corrected chi connectivity index (χ3v) is 5.33. The van der Waals surface area contributed by atoms with E-state index in [1.807, 2.05) is 18.2 Å². The number of rotatable bonds is 6. The lowest BCUT2D eigenvalue weighted by atomic mass is 10.0. The van der Waals surface area contributed by atoms with Gasteiger partial charge in [-0.25, -0.2) is 9.78 Å². The summed E-state index contributed by atoms with van der Waals surface area (Å²) in [5, 5.41) is 2.88. The van der Waals surface area contributed by atoms with Crippen LogP contribution < -0.4 is 16.6 Å². The first-order valence-corrected chi connectivity index (χ1v) is 9.97. The van der Waals surface area contributed by atoms with Gasteiger partial charge >= 0.3 is 5.69 Å². The second-order valence-corrected chi connectivity index (χ2v) is 7.41. The van der Waals surface area contributed by atoms with Gasteiger partial charge in [-0.3, -0.25) is 18.7 Å². The van der Waals surface area contributed by atoms with Gasteiger partial charge in [0.15, 0.2) is 11.2 Å². The Morgan fingerprint density at radius 3 is 2.32 bits per heavy atom. The molecule has 0 unspecified atom stereocenters. The number of fused-ring (bicyclic) bond motifs is 1. The van der Waals surface area contributed by atoms with Crippen LogP contribution >= 0.6 is 0 Å². The molecule has 0 aliphatic rings. The summed E-state index contributed by atoms with van der Waals surface area (Å²) in [7, 11) is 2.95. The summed E-state index contributed by atoms with van der Waals surface area (Å²) < 4.78 is 3.78. The first kappa shape index (κ1) is 20.3. The Bertz CT molecular complexity index is 1350. The number of nitrogens with one attached hydrogen (secondary N) is 1. The Morgan fingerprint density at radius 1 is 0.935 bits per heavy atom. The highest BCUT2D eigenvalue weighted by Gasteiger charge is 2.15. The molecule has 2 heterocycles. The molecule has 0 bridgehead atoms. The zero-order valence-corrected chi connectivity index (χ0v) is 17.4. The summed E-state index contributed by atoms with van der Waals surface area (Å²) in [6.07, 6.45) is 2.11. The fourth-order valence-corrected chi connectivity index (χ4v) is 3.57. The lowest BCUT2D eigenvalue weighted by Gasteiger charge is -2.08. The molecular formula is C23H23N5O3. The van der Waals surface area contributed by atoms with E-state index in [0.29, 0.717) is 13.0 Å². The molecule has 0 radical (unpaired) electrons. The molecule has 0 atom stereocenters. The number of aromatic nitrogens is 4. The molecule has 31 heavy (non-hydrogen) atoms. The summed E-state index contributed by atoms with van der Waals surface area (Å²) in [6.45, 7) is 0.434. The monoisotopic (exact) mass is 417 g/mol. The van der Waals surface area contributed by atoms with Crippen LogP contribution in [0, 0.1) is 0 Å². The van der Waals surface area contributed by atoms with Crippen molar-refractivity contribution in [2.24, 2.45) is 14.1 Å². The largest absolute Gasteiger partial charge is 0.354 e. The molecule has 0 saturated carbocycles. The summed E-state index contributed by atoms with van der Waals surface area (Å²) in [4.78, 5) is 41.0. The molecule has 0 fully saturated rings. The number of benzene rings is 2. The van der Waals surface area contributed by atoms with Gasteiger partial charge in [0.2, 0.25) is 5.91 Å². The van der Waals surface area contributed by atoms with Gasteiger partial charge in [-0.1, -0.05) is 54.6 Å². The van der Waals surface area contributed by atoms with E-state index >= 15 is 0 Å². The van der Waals surface area contributed by atoms with E-state index in [1.54, 1.807) is 7.05 Å². The van der Waals surface area contributed by atoms with Crippen LogP contribution in [0.1, 0.15) is 5.56 Å². The maximum absolute atomic E-state index is 12.5. The van der Waals surface area contributed by atoms with Crippen LogP contribution in [-0.4, -0.2) is 31.1 Å². The van der Waals surface area contributed by atoms with Crippen molar-refractivity contribution < 1.29 is 4.79 Å². The molecule has 0 aliphatic heterocycles. The lowest BCUT2D eigenvalue weighted by molar-refractivity contribution is -0.121. The standard InChI is InChI=1S/C23H23N5O3/c1-26-21-20(22(30)27(2)23(26)31)28(15-25-21)14-19(29)24-13-12-16-8-10-18(11-9-16)17-6-4-3-5-7-17/h3-11,15H,12-14H2,1-2H3,(H,24,29). The topological polar surface area (TPSA) is 90.9 Å². The second-order valence-electron chi connectivity index (χ2n) is 7.41. The Balaban J connectivity index is 1.38. The van der Waals surface area contributed by atoms with Crippen molar-refractivity contribution in [3.63, 3.8) is 0 Å². The van der Waals surface area contributed by atoms with Gasteiger partial charge in [0.05, 0.1) is 6.33 Å². The van der Waals surface area contributed by atoms with Gasteiger partial charge in [0.25, 0.3) is 5.56 Å². The van der Waals surface area contributed by atoms with Crippen molar-refractivity contribution in [3.05, 3.63) is 87.3 Å². The highest BCUT2D eigenvalue weighted by molar-refractivity contribution is 5.78. The fraction of sp³-hybridized carbons (Fsp3) is 0.217. The number of nitrogens with zero attached hydrogens (tertiary/aromatic N) is 4. The van der Waals surface area contributed by atoms with E-state index in [9.17, 15) is 14.4 Å². The zero-order valence-electron chi connectivity index (χ0n) is 17.4. The number of carbonyl (C=O) groups is 1. The smallest absolute Gasteiger partial charge is 0.332 e. The molecule has 1 amide bonds. The molecule has 2 aromatic carbocycles. The summed E-state index contributed by atoms with van der Waals surface area (Å²) in [5.74, 6) is -0.226. The molecular weight excluding hydrogens is 394 g/mol. The van der Waals surface area contributed by atoms with E-state index in [1.165, 1.54) is 28.1 Å². The average molecular weight is 417 g/mol. The van der Waals surface area contributed by atoms with Crippen LogP contribution in [0.3, 0.4) is 0 Å². The van der Waals surface area contributed by atoms with Crippen molar-refractivity contribution >= 4 is 17.1 Å². The van der Waals surface area contributed by atoms with E-state index in [4.69, 9.17) is 0 Å². The molecule has 4 rings (SSSR count). The van der Waals surface area contributed by atoms with Crippen LogP contribution in [0.5, 0.6) is 0 Å². The van der Waals surface area contributed by atoms with Crippen molar-refractivity contribution in [2.45, 2.75) is 13.0 Å². The van der Waals surface area contributed by atoms with Crippen molar-refractivity contribution in [3.8, 4) is 11.1 Å². The van der Waals surface area contributed by atoms with E-state index in [0.717, 1.165) is 15.7 Å². The van der Waals surface area contributed by atoms with Gasteiger partial charge in [-0.15, -0.1) is 0 Å². The predicted octanol–water partition coefficient (Wildman–Crippen LogP) is 1.46. The molecule has 8 nitrogen and oxygen atoms in total. The van der Waals surface area contributed by atoms with E-state index in [-0.39, 0.29) is 23.6 Å². The molecule has 1 N–H and O–H groups in total. The van der Waals surface area contributed by atoms with Crippen LogP contribution in [0.15, 0.2) is 70.5 Å². The van der Waals surface area contributed by atoms with Gasteiger partial charge < -0.3 is 9.88 Å². The summed E-state index contributed by atoms with van der Waals surface area (Å²) >= 11 is 0. The number of hydrogen-bond acceptors (Lipinski definition) is 4. The first-order valence-electron chi connectivity index (χ1n) is 9.97. The van der Waals surface area contributed by atoms with E-state index in [2.05, 4.69) is 46.7 Å². The second kappa shape index (κ2) is 8.43. The lowest BCUT2D eigenvalue weighted by Crippen LogP contribution is -2.38. The summed E-state index contributed by atoms with van der Waals surface area (Å²) in [5.41, 5.74) is 3.01. The minimum absolute atomic E-state index is 0.0448. The van der Waals surface area contributed by atoms with Crippen molar-refractivity contribution in [2.75, 3.05) is 6.54 Å². The van der Waals surface area contributed by atoms with Crippen molar-refractivity contribution in [1.82, 2.24) is 24.0 Å². The van der Waals surface area contributed by atoms with E-state index < -0.39 is 11.2 Å². The van der Waals surface area contributed by atoms with Gasteiger partial charge in [0.1, 0.15) is 6.54 Å². The normalized spacial score (nSPS) is 11.0. The quantitative estimate of drug-likeness (QED) is 0.514. The Morgan fingerprint density at radius 2 is 1.61 bits per heavy atom. The summed E-state index contributed by atoms with van der Waals surface area (Å²) in [6, 6.07) is 18.4. The molecule has 2 aromatic heterocycles. The van der Waals surface area contributed by atoms with Crippen LogP contribution in [0.4, 0.5) is 0 Å². The van der Waals surface area contributed by atoms with Crippen molar-refractivity contribution in [1.29, 1.82) is 0 Å². The minimum atomic E-state index is -0.470. The number of aryl methyl sites for hydroxylation is 1. The number of carbonyl (C=O) groups excluding carboxylic acids is 1. The number of amides is 1. The van der Waals surface area contributed by atoms with Crippen LogP contribution in [0.25, 0.3) is 22.3 Å². The maximum Gasteiger partial charge on any atom is 0.332 e. The van der Waals surface area contributed by atoms with Crippen LogP contribution in [0.2, 0.25) is 0 Å². The third-order valence-electron chi connectivity index (χ3n) is 5.33. The fourth-order valence-electron chi connectivity index (χ4n) is 3.57. The maximum atomic E-state index is 12.5. The van der Waals surface area contributed by atoms with Gasteiger partial charge in [0, 0.05) is 20.6 Å². The third kappa shape index (κ3) is 4.05. The zero-order chi connectivity index (χ0) is 22.0. The molecule has 0 saturated heterocycles. The molecule has 4 aromatic rings. The van der Waals surface area contributed by atoms with Crippen LogP contribution in [-0.2, 0) is 31.9 Å². The predicted molar refractivity (Wildman–Crippen MR) is 119 cm³/mol. The van der Waals surface area contributed by atoms with Gasteiger partial charge in [-0.2, -0.15) is 0 Å². The highest BCUT2D eigenvalue weighted by Crippen LogP contribution is 2.19. The molecule has 158 valence electrons.